The van der Waals surface area contributed by atoms with Crippen molar-refractivity contribution < 1.29 is 4.79 Å². The summed E-state index contributed by atoms with van der Waals surface area (Å²) >= 11 is 0. The molecule has 1 aromatic carbocycles. The lowest BCUT2D eigenvalue weighted by atomic mass is 10.1. The molecule has 0 aliphatic carbocycles. The molecule has 1 amide bonds. The first-order valence-corrected chi connectivity index (χ1v) is 9.74. The summed E-state index contributed by atoms with van der Waals surface area (Å²) in [5, 5.41) is 7.34. The van der Waals surface area contributed by atoms with E-state index < -0.39 is 0 Å². The number of aromatic amines is 1. The lowest BCUT2D eigenvalue weighted by Crippen LogP contribution is -2.33. The standard InChI is InChI=1S/C21H26N6O/c1-22-13-15-11-19(23-2)26-21(25-15)18-8-5-9-27(18)20(28)10-14-12-24-17-7-4-3-6-16(14)17/h3-4,6-7,11-12,18,22,24H,5,8-10,13H2,1-2H3,(H,23,25,26)/t18-/m0/s1. The van der Waals surface area contributed by atoms with E-state index in [0.717, 1.165) is 53.2 Å². The molecule has 28 heavy (non-hydrogen) atoms. The monoisotopic (exact) mass is 378 g/mol. The zero-order chi connectivity index (χ0) is 19.5. The number of nitrogens with one attached hydrogen (secondary N) is 3. The van der Waals surface area contributed by atoms with Crippen molar-refractivity contribution in [1.29, 1.82) is 0 Å². The number of amides is 1. The van der Waals surface area contributed by atoms with Gasteiger partial charge in [-0.05, 0) is 31.5 Å². The van der Waals surface area contributed by atoms with Crippen LogP contribution in [0.4, 0.5) is 5.82 Å². The first-order valence-electron chi connectivity index (χ1n) is 9.74. The molecule has 0 unspecified atom stereocenters. The quantitative estimate of drug-likeness (QED) is 0.614. The Kier molecular flexibility index (Phi) is 5.25. The van der Waals surface area contributed by atoms with E-state index in [9.17, 15) is 4.79 Å². The second kappa shape index (κ2) is 7.98. The van der Waals surface area contributed by atoms with E-state index in [1.165, 1.54) is 0 Å². The Morgan fingerprint density at radius 3 is 2.96 bits per heavy atom. The van der Waals surface area contributed by atoms with Gasteiger partial charge >= 0.3 is 0 Å². The van der Waals surface area contributed by atoms with Gasteiger partial charge in [-0.2, -0.15) is 0 Å². The molecule has 0 spiro atoms. The van der Waals surface area contributed by atoms with Crippen molar-refractivity contribution in [3.8, 4) is 0 Å². The number of likely N-dealkylation sites (tertiary alicyclic amines) is 1. The number of nitrogens with zero attached hydrogens (tertiary/aromatic N) is 3. The van der Waals surface area contributed by atoms with Gasteiger partial charge in [-0.25, -0.2) is 9.97 Å². The molecule has 0 saturated carbocycles. The molecule has 1 saturated heterocycles. The Morgan fingerprint density at radius 2 is 2.14 bits per heavy atom. The number of hydrogen-bond acceptors (Lipinski definition) is 5. The number of aromatic nitrogens is 3. The highest BCUT2D eigenvalue weighted by Crippen LogP contribution is 2.31. The minimum absolute atomic E-state index is 0.0680. The van der Waals surface area contributed by atoms with Gasteiger partial charge in [0.05, 0.1) is 18.2 Å². The highest BCUT2D eigenvalue weighted by Gasteiger charge is 2.32. The number of hydrogen-bond donors (Lipinski definition) is 3. The molecule has 1 fully saturated rings. The van der Waals surface area contributed by atoms with Crippen molar-refractivity contribution in [1.82, 2.24) is 25.2 Å². The fourth-order valence-electron chi connectivity index (χ4n) is 3.94. The van der Waals surface area contributed by atoms with Crippen LogP contribution in [0.1, 0.15) is 36.0 Å². The number of fused-ring (bicyclic) bond motifs is 1. The van der Waals surface area contributed by atoms with Crippen LogP contribution in [0.15, 0.2) is 36.5 Å². The number of para-hydroxylation sites is 1. The normalized spacial score (nSPS) is 16.6. The SMILES string of the molecule is CNCc1cc(NC)nc([C@@H]2CCCN2C(=O)Cc2c[nH]c3ccccc23)n1. The molecule has 7 nitrogen and oxygen atoms in total. The van der Waals surface area contributed by atoms with Crippen molar-refractivity contribution in [3.63, 3.8) is 0 Å². The highest BCUT2D eigenvalue weighted by molar-refractivity contribution is 5.89. The first kappa shape index (κ1) is 18.4. The molecule has 146 valence electrons. The Labute approximate surface area is 164 Å². The third-order valence-electron chi connectivity index (χ3n) is 5.30. The molecule has 2 aromatic heterocycles. The van der Waals surface area contributed by atoms with Crippen LogP contribution in [0.2, 0.25) is 0 Å². The largest absolute Gasteiger partial charge is 0.373 e. The summed E-state index contributed by atoms with van der Waals surface area (Å²) in [4.78, 5) is 27.7. The number of anilines is 1. The predicted octanol–water partition coefficient (Wildman–Crippen LogP) is 2.63. The number of H-pyrrole nitrogens is 1. The minimum atomic E-state index is -0.0680. The maximum absolute atomic E-state index is 13.1. The van der Waals surface area contributed by atoms with Crippen LogP contribution in [0, 0.1) is 0 Å². The van der Waals surface area contributed by atoms with Crippen LogP contribution in [-0.2, 0) is 17.8 Å². The van der Waals surface area contributed by atoms with Crippen molar-refractivity contribution in [3.05, 3.63) is 53.6 Å². The third kappa shape index (κ3) is 3.57. The Bertz CT molecular complexity index is 982. The average Bonchev–Trinajstić information content (AvgIpc) is 3.36. The lowest BCUT2D eigenvalue weighted by Gasteiger charge is -2.24. The van der Waals surface area contributed by atoms with E-state index in [0.29, 0.717) is 13.0 Å². The molecular formula is C21H26N6O. The van der Waals surface area contributed by atoms with Crippen LogP contribution >= 0.6 is 0 Å². The molecule has 0 radical (unpaired) electrons. The summed E-state index contributed by atoms with van der Waals surface area (Å²) in [5.41, 5.74) is 3.02. The zero-order valence-electron chi connectivity index (χ0n) is 16.3. The number of benzene rings is 1. The van der Waals surface area contributed by atoms with E-state index >= 15 is 0 Å². The van der Waals surface area contributed by atoms with Gasteiger partial charge in [-0.15, -0.1) is 0 Å². The maximum Gasteiger partial charge on any atom is 0.227 e. The van der Waals surface area contributed by atoms with E-state index in [2.05, 4.69) is 26.7 Å². The van der Waals surface area contributed by atoms with Crippen LogP contribution in [-0.4, -0.2) is 46.4 Å². The van der Waals surface area contributed by atoms with Gasteiger partial charge in [0.25, 0.3) is 0 Å². The van der Waals surface area contributed by atoms with Gasteiger partial charge in [0.1, 0.15) is 5.82 Å². The van der Waals surface area contributed by atoms with Crippen molar-refractivity contribution in [2.45, 2.75) is 31.8 Å². The summed E-state index contributed by atoms with van der Waals surface area (Å²) in [6, 6.07) is 9.95. The van der Waals surface area contributed by atoms with Crippen molar-refractivity contribution in [2.24, 2.45) is 0 Å². The second-order valence-corrected chi connectivity index (χ2v) is 7.16. The zero-order valence-corrected chi connectivity index (χ0v) is 16.3. The van der Waals surface area contributed by atoms with E-state index in [-0.39, 0.29) is 11.9 Å². The molecule has 3 heterocycles. The summed E-state index contributed by atoms with van der Waals surface area (Å²) < 4.78 is 0. The number of rotatable bonds is 6. The summed E-state index contributed by atoms with van der Waals surface area (Å²) in [5.74, 6) is 1.63. The van der Waals surface area contributed by atoms with Crippen LogP contribution < -0.4 is 10.6 Å². The van der Waals surface area contributed by atoms with Gasteiger partial charge < -0.3 is 20.5 Å². The van der Waals surface area contributed by atoms with Gasteiger partial charge in [-0.1, -0.05) is 18.2 Å². The Balaban J connectivity index is 1.58. The summed E-state index contributed by atoms with van der Waals surface area (Å²) in [6.07, 6.45) is 4.19. The van der Waals surface area contributed by atoms with Gasteiger partial charge in [-0.3, -0.25) is 4.79 Å². The van der Waals surface area contributed by atoms with E-state index in [1.54, 1.807) is 0 Å². The van der Waals surface area contributed by atoms with Gasteiger partial charge in [0.15, 0.2) is 5.82 Å². The molecule has 1 aliphatic heterocycles. The second-order valence-electron chi connectivity index (χ2n) is 7.16. The van der Waals surface area contributed by atoms with Crippen LogP contribution in [0.3, 0.4) is 0 Å². The lowest BCUT2D eigenvalue weighted by molar-refractivity contribution is -0.131. The molecule has 3 aromatic rings. The molecule has 4 rings (SSSR count). The molecular weight excluding hydrogens is 352 g/mol. The van der Waals surface area contributed by atoms with Crippen LogP contribution in [0.5, 0.6) is 0 Å². The molecule has 1 aliphatic rings. The fourth-order valence-corrected chi connectivity index (χ4v) is 3.94. The number of carbonyl (C=O) groups is 1. The fraction of sp³-hybridized carbons (Fsp3) is 0.381. The smallest absolute Gasteiger partial charge is 0.227 e. The maximum atomic E-state index is 13.1. The van der Waals surface area contributed by atoms with Gasteiger partial charge in [0, 0.05) is 43.3 Å². The van der Waals surface area contributed by atoms with Crippen LogP contribution in [0.25, 0.3) is 10.9 Å². The van der Waals surface area contributed by atoms with E-state index in [1.807, 2.05) is 49.5 Å². The van der Waals surface area contributed by atoms with E-state index in [4.69, 9.17) is 4.98 Å². The summed E-state index contributed by atoms with van der Waals surface area (Å²) in [6.45, 7) is 1.42. The Morgan fingerprint density at radius 1 is 1.29 bits per heavy atom. The first-order chi connectivity index (χ1) is 13.7. The Hall–Kier alpha value is -2.93. The van der Waals surface area contributed by atoms with Crippen molar-refractivity contribution >= 4 is 22.6 Å². The topological polar surface area (TPSA) is 85.9 Å². The minimum Gasteiger partial charge on any atom is -0.373 e. The third-order valence-corrected chi connectivity index (χ3v) is 5.30. The molecule has 7 heteroatoms. The number of carbonyl (C=O) groups excluding carboxylic acids is 1. The molecule has 0 bridgehead atoms. The van der Waals surface area contributed by atoms with Crippen molar-refractivity contribution in [2.75, 3.05) is 26.0 Å². The molecule has 3 N–H and O–H groups in total. The predicted molar refractivity (Wildman–Crippen MR) is 110 cm³/mol. The highest BCUT2D eigenvalue weighted by atomic mass is 16.2. The summed E-state index contributed by atoms with van der Waals surface area (Å²) in [7, 11) is 3.75. The molecule has 1 atom stereocenters. The average molecular weight is 378 g/mol. The van der Waals surface area contributed by atoms with Gasteiger partial charge in [0.2, 0.25) is 5.91 Å².